The molecule has 0 aromatic carbocycles. The summed E-state index contributed by atoms with van der Waals surface area (Å²) in [5, 5.41) is 1.00. The Labute approximate surface area is 182 Å². The molecule has 5 atom stereocenters. The van der Waals surface area contributed by atoms with Gasteiger partial charge in [0.25, 0.3) is 0 Å². The smallest absolute Gasteiger partial charge is 0.164 e. The Balaban J connectivity index is 1.42. The van der Waals surface area contributed by atoms with Crippen LogP contribution in [0.15, 0.2) is 24.7 Å². The molecule has 0 aliphatic carbocycles. The molecule has 9 heteroatoms. The molecule has 158 valence electrons. The van der Waals surface area contributed by atoms with Gasteiger partial charge in [-0.25, -0.2) is 9.97 Å². The van der Waals surface area contributed by atoms with Gasteiger partial charge < -0.3 is 23.5 Å². The van der Waals surface area contributed by atoms with Crippen LogP contribution < -0.4 is 0 Å². The van der Waals surface area contributed by atoms with E-state index in [2.05, 4.69) is 9.97 Å². The lowest BCUT2D eigenvalue weighted by molar-refractivity contribution is -0.212. The third-order valence-corrected chi connectivity index (χ3v) is 7.45. The maximum Gasteiger partial charge on any atom is 0.164 e. The molecule has 0 amide bonds. The van der Waals surface area contributed by atoms with Crippen LogP contribution in [0.2, 0.25) is 4.34 Å². The van der Waals surface area contributed by atoms with Gasteiger partial charge in [-0.2, -0.15) is 0 Å². The molecular formula is C21H22ClN3O4S. The van der Waals surface area contributed by atoms with Crippen LogP contribution in [-0.4, -0.2) is 45.2 Å². The number of aromatic nitrogens is 3. The van der Waals surface area contributed by atoms with E-state index in [1.54, 1.807) is 17.7 Å². The highest BCUT2D eigenvalue weighted by Crippen LogP contribution is 2.50. The normalized spacial score (nSPS) is 32.5. The van der Waals surface area contributed by atoms with Crippen molar-refractivity contribution in [1.82, 2.24) is 14.5 Å². The highest BCUT2D eigenvalue weighted by molar-refractivity contribution is 7.16. The fraction of sp³-hybridized carbons (Fsp3) is 0.524. The lowest BCUT2D eigenvalue weighted by Crippen LogP contribution is -2.36. The second-order valence-corrected chi connectivity index (χ2v) is 10.2. The van der Waals surface area contributed by atoms with Gasteiger partial charge in [0.1, 0.15) is 36.4 Å². The van der Waals surface area contributed by atoms with Crippen molar-refractivity contribution in [3.8, 4) is 0 Å². The van der Waals surface area contributed by atoms with Crippen molar-refractivity contribution in [1.29, 1.82) is 0 Å². The quantitative estimate of drug-likeness (QED) is 0.587. The van der Waals surface area contributed by atoms with Crippen LogP contribution in [0.3, 0.4) is 0 Å². The van der Waals surface area contributed by atoms with Crippen molar-refractivity contribution in [3.05, 3.63) is 45.1 Å². The first-order valence-corrected chi connectivity index (χ1v) is 11.3. The zero-order valence-corrected chi connectivity index (χ0v) is 18.4. The predicted octanol–water partition coefficient (Wildman–Crippen LogP) is 4.19. The lowest BCUT2D eigenvalue weighted by Gasteiger charge is -2.31. The molecule has 0 bridgehead atoms. The van der Waals surface area contributed by atoms with Crippen LogP contribution in [0.5, 0.6) is 0 Å². The van der Waals surface area contributed by atoms with Crippen molar-refractivity contribution < 1.29 is 18.9 Å². The predicted molar refractivity (Wildman–Crippen MR) is 112 cm³/mol. The van der Waals surface area contributed by atoms with Gasteiger partial charge in [0.15, 0.2) is 12.0 Å². The highest BCUT2D eigenvalue weighted by atomic mass is 35.5. The zero-order valence-electron chi connectivity index (χ0n) is 16.9. The third-order valence-electron chi connectivity index (χ3n) is 6.08. The summed E-state index contributed by atoms with van der Waals surface area (Å²) in [4.78, 5) is 9.93. The van der Waals surface area contributed by atoms with Gasteiger partial charge in [0, 0.05) is 16.5 Å². The molecule has 3 aromatic rings. The van der Waals surface area contributed by atoms with E-state index in [1.807, 2.05) is 43.7 Å². The molecule has 6 rings (SSSR count). The Morgan fingerprint density at radius 3 is 2.90 bits per heavy atom. The second kappa shape index (κ2) is 6.72. The summed E-state index contributed by atoms with van der Waals surface area (Å²) in [6.45, 7) is 6.49. The molecule has 0 radical (unpaired) electrons. The Bertz CT molecular complexity index is 1130. The molecular weight excluding hydrogens is 426 g/mol. The summed E-state index contributed by atoms with van der Waals surface area (Å²) < 4.78 is 28.3. The Morgan fingerprint density at radius 2 is 2.03 bits per heavy atom. The van der Waals surface area contributed by atoms with Gasteiger partial charge in [-0.05, 0) is 44.9 Å². The minimum absolute atomic E-state index is 0.237. The van der Waals surface area contributed by atoms with Crippen molar-refractivity contribution >= 4 is 34.0 Å². The van der Waals surface area contributed by atoms with E-state index in [9.17, 15) is 0 Å². The SMILES string of the molecule is Cc1ncnc2c1ccn2[C@@H]1OC([C@@H]2OCCc3cc(Cl)sc32)[C@H]2OC(C)(C)O[C@H]21. The van der Waals surface area contributed by atoms with Crippen molar-refractivity contribution in [2.75, 3.05) is 6.61 Å². The minimum atomic E-state index is -0.700. The molecule has 0 spiro atoms. The minimum Gasteiger partial charge on any atom is -0.369 e. The van der Waals surface area contributed by atoms with Crippen molar-refractivity contribution in [2.24, 2.45) is 0 Å². The number of thiophene rings is 1. The van der Waals surface area contributed by atoms with Crippen molar-refractivity contribution in [3.63, 3.8) is 0 Å². The van der Waals surface area contributed by atoms with E-state index in [0.717, 1.165) is 32.4 Å². The number of rotatable bonds is 2. The van der Waals surface area contributed by atoms with E-state index in [4.69, 9.17) is 30.5 Å². The van der Waals surface area contributed by atoms with Gasteiger partial charge in [0.05, 0.1) is 16.6 Å². The molecule has 0 saturated carbocycles. The van der Waals surface area contributed by atoms with Gasteiger partial charge in [-0.3, -0.25) is 0 Å². The third kappa shape index (κ3) is 2.86. The molecule has 3 aromatic heterocycles. The Hall–Kier alpha value is -1.55. The summed E-state index contributed by atoms with van der Waals surface area (Å²) in [6, 6.07) is 4.06. The molecule has 0 N–H and O–H groups in total. The molecule has 7 nitrogen and oxygen atoms in total. The van der Waals surface area contributed by atoms with Crippen molar-refractivity contribution in [2.45, 2.75) is 63.6 Å². The van der Waals surface area contributed by atoms with Crippen LogP contribution >= 0.6 is 22.9 Å². The molecule has 3 aliphatic heterocycles. The van der Waals surface area contributed by atoms with Crippen LogP contribution in [0, 0.1) is 6.92 Å². The monoisotopic (exact) mass is 447 g/mol. The number of nitrogens with zero attached hydrogens (tertiary/aromatic N) is 3. The van der Waals surface area contributed by atoms with Crippen LogP contribution in [0.25, 0.3) is 11.0 Å². The topological polar surface area (TPSA) is 67.6 Å². The zero-order chi connectivity index (χ0) is 20.6. The first-order valence-electron chi connectivity index (χ1n) is 10.1. The molecule has 3 aliphatic rings. The number of hydrogen-bond acceptors (Lipinski definition) is 7. The molecule has 6 heterocycles. The number of ether oxygens (including phenoxy) is 4. The van der Waals surface area contributed by atoms with E-state index in [-0.39, 0.29) is 30.6 Å². The van der Waals surface area contributed by atoms with Gasteiger partial charge in [-0.15, -0.1) is 11.3 Å². The van der Waals surface area contributed by atoms with Gasteiger partial charge in [0.2, 0.25) is 0 Å². The van der Waals surface area contributed by atoms with Gasteiger partial charge >= 0.3 is 0 Å². The standard InChI is InChI=1S/C21H22ClN3O4S/c1-10-12-4-6-25(19(12)24-9-23-10)20-17-15(28-21(2,3)29-17)14(27-20)16-18-11(5-7-26-16)8-13(22)30-18/h4,6,8-9,14-17,20H,5,7H2,1-3H3/t14?,15-,16+,17-,20-/m1/s1. The number of halogens is 1. The average molecular weight is 448 g/mol. The highest BCUT2D eigenvalue weighted by Gasteiger charge is 2.59. The fourth-order valence-corrected chi connectivity index (χ4v) is 6.24. The molecule has 30 heavy (non-hydrogen) atoms. The van der Waals surface area contributed by atoms with Crippen LogP contribution in [-0.2, 0) is 25.4 Å². The lowest BCUT2D eigenvalue weighted by atomic mass is 9.99. The summed E-state index contributed by atoms with van der Waals surface area (Å²) in [6.07, 6.45) is 2.97. The van der Waals surface area contributed by atoms with E-state index in [1.165, 1.54) is 5.56 Å². The van der Waals surface area contributed by atoms with E-state index >= 15 is 0 Å². The van der Waals surface area contributed by atoms with E-state index < -0.39 is 5.79 Å². The summed E-state index contributed by atoms with van der Waals surface area (Å²) in [5.41, 5.74) is 2.99. The van der Waals surface area contributed by atoms with Crippen LogP contribution in [0.1, 0.15) is 42.3 Å². The Kier molecular flexibility index (Phi) is 4.29. The van der Waals surface area contributed by atoms with E-state index in [0.29, 0.717) is 6.61 Å². The maximum absolute atomic E-state index is 6.61. The summed E-state index contributed by atoms with van der Waals surface area (Å²) >= 11 is 7.88. The molecule has 2 fully saturated rings. The molecule has 1 unspecified atom stereocenters. The first kappa shape index (κ1) is 19.2. The van der Waals surface area contributed by atoms with Gasteiger partial charge in [-0.1, -0.05) is 11.6 Å². The maximum atomic E-state index is 6.61. The number of fused-ring (bicyclic) bond motifs is 3. The average Bonchev–Trinajstić information content (AvgIpc) is 3.42. The summed E-state index contributed by atoms with van der Waals surface area (Å²) in [5.74, 6) is -0.700. The summed E-state index contributed by atoms with van der Waals surface area (Å²) in [7, 11) is 0. The fourth-order valence-electron chi connectivity index (χ4n) is 4.84. The number of aryl methyl sites for hydroxylation is 1. The van der Waals surface area contributed by atoms with Crippen LogP contribution in [0.4, 0.5) is 0 Å². The molecule has 2 saturated heterocycles. The number of hydrogen-bond donors (Lipinski definition) is 0. The Morgan fingerprint density at radius 1 is 1.20 bits per heavy atom. The first-order chi connectivity index (χ1) is 14.4. The second-order valence-electron chi connectivity index (χ2n) is 8.46. The largest absolute Gasteiger partial charge is 0.369 e.